The van der Waals surface area contributed by atoms with Crippen LogP contribution in [0.15, 0.2) is 31.0 Å². The van der Waals surface area contributed by atoms with Crippen LogP contribution in [0.5, 0.6) is 0 Å². The van der Waals surface area contributed by atoms with E-state index in [1.54, 1.807) is 25.1 Å². The SMILES string of the molecule is C=Cc1ccc2c(C(=O)N(C)C)cn(C)c2c1. The van der Waals surface area contributed by atoms with Crippen molar-refractivity contribution in [2.75, 3.05) is 14.1 Å². The van der Waals surface area contributed by atoms with Crippen LogP contribution in [0.1, 0.15) is 15.9 Å². The minimum atomic E-state index is 0.0296. The van der Waals surface area contributed by atoms with Crippen LogP contribution < -0.4 is 0 Å². The molecule has 1 aromatic carbocycles. The molecule has 0 N–H and O–H groups in total. The third-order valence-electron chi connectivity index (χ3n) is 2.89. The third kappa shape index (κ3) is 1.84. The summed E-state index contributed by atoms with van der Waals surface area (Å²) >= 11 is 0. The number of hydrogen-bond acceptors (Lipinski definition) is 1. The van der Waals surface area contributed by atoms with Gasteiger partial charge in [-0.25, -0.2) is 0 Å². The number of carbonyl (C=O) groups excluding carboxylic acids is 1. The van der Waals surface area contributed by atoms with Gasteiger partial charge in [0.1, 0.15) is 0 Å². The number of aryl methyl sites for hydroxylation is 1. The Bertz CT molecular complexity index is 594. The van der Waals surface area contributed by atoms with Gasteiger partial charge in [0.25, 0.3) is 5.91 Å². The van der Waals surface area contributed by atoms with Gasteiger partial charge in [-0.2, -0.15) is 0 Å². The molecule has 0 spiro atoms. The Morgan fingerprint density at radius 1 is 1.41 bits per heavy atom. The van der Waals surface area contributed by atoms with Crippen LogP contribution in [-0.4, -0.2) is 29.5 Å². The van der Waals surface area contributed by atoms with Gasteiger partial charge in [-0.15, -0.1) is 0 Å². The van der Waals surface area contributed by atoms with E-state index in [0.29, 0.717) is 0 Å². The summed E-state index contributed by atoms with van der Waals surface area (Å²) in [6, 6.07) is 5.99. The van der Waals surface area contributed by atoms with Crippen molar-refractivity contribution in [3.8, 4) is 0 Å². The molecule has 1 amide bonds. The van der Waals surface area contributed by atoms with E-state index in [0.717, 1.165) is 22.0 Å². The van der Waals surface area contributed by atoms with Crippen molar-refractivity contribution in [1.82, 2.24) is 9.47 Å². The Kier molecular flexibility index (Phi) is 2.76. The van der Waals surface area contributed by atoms with Crippen LogP contribution in [0, 0.1) is 0 Å². The van der Waals surface area contributed by atoms with Crippen LogP contribution in [0.2, 0.25) is 0 Å². The highest BCUT2D eigenvalue weighted by Gasteiger charge is 2.15. The largest absolute Gasteiger partial charge is 0.350 e. The predicted octanol–water partition coefficient (Wildman–Crippen LogP) is 2.52. The molecule has 2 rings (SSSR count). The second kappa shape index (κ2) is 4.09. The van der Waals surface area contributed by atoms with Crippen molar-refractivity contribution in [1.29, 1.82) is 0 Å². The zero-order valence-electron chi connectivity index (χ0n) is 10.4. The number of rotatable bonds is 2. The number of fused-ring (bicyclic) bond motifs is 1. The predicted molar refractivity (Wildman–Crippen MR) is 71.0 cm³/mol. The molecule has 0 aliphatic carbocycles. The van der Waals surface area contributed by atoms with Gasteiger partial charge in [-0.1, -0.05) is 24.8 Å². The number of hydrogen-bond donors (Lipinski definition) is 0. The molecule has 3 nitrogen and oxygen atoms in total. The van der Waals surface area contributed by atoms with Crippen molar-refractivity contribution in [3.05, 3.63) is 42.1 Å². The van der Waals surface area contributed by atoms with E-state index in [1.807, 2.05) is 36.0 Å². The summed E-state index contributed by atoms with van der Waals surface area (Å²) < 4.78 is 1.97. The highest BCUT2D eigenvalue weighted by molar-refractivity contribution is 6.07. The third-order valence-corrected chi connectivity index (χ3v) is 2.89. The summed E-state index contributed by atoms with van der Waals surface area (Å²) in [7, 11) is 5.47. The Morgan fingerprint density at radius 2 is 2.12 bits per heavy atom. The summed E-state index contributed by atoms with van der Waals surface area (Å²) in [5, 5.41) is 0.983. The smallest absolute Gasteiger partial charge is 0.255 e. The zero-order valence-corrected chi connectivity index (χ0v) is 10.4. The van der Waals surface area contributed by atoms with Gasteiger partial charge in [0, 0.05) is 38.2 Å². The lowest BCUT2D eigenvalue weighted by atomic mass is 10.1. The lowest BCUT2D eigenvalue weighted by molar-refractivity contribution is 0.0829. The van der Waals surface area contributed by atoms with Gasteiger partial charge in [0.2, 0.25) is 0 Å². The van der Waals surface area contributed by atoms with Crippen LogP contribution in [-0.2, 0) is 7.05 Å². The molecule has 88 valence electrons. The summed E-state index contributed by atoms with van der Waals surface area (Å²) in [6.07, 6.45) is 3.68. The Morgan fingerprint density at radius 3 is 2.71 bits per heavy atom. The van der Waals surface area contributed by atoms with Crippen molar-refractivity contribution in [2.45, 2.75) is 0 Å². The fourth-order valence-corrected chi connectivity index (χ4v) is 1.94. The van der Waals surface area contributed by atoms with E-state index in [9.17, 15) is 4.79 Å². The average Bonchev–Trinajstić information content (AvgIpc) is 2.65. The maximum absolute atomic E-state index is 12.0. The van der Waals surface area contributed by atoms with E-state index in [1.165, 1.54) is 0 Å². The molecule has 0 unspecified atom stereocenters. The number of nitrogens with zero attached hydrogens (tertiary/aromatic N) is 2. The van der Waals surface area contributed by atoms with Gasteiger partial charge in [0.15, 0.2) is 0 Å². The normalized spacial score (nSPS) is 10.5. The van der Waals surface area contributed by atoms with Crippen LogP contribution in [0.4, 0.5) is 0 Å². The molecule has 17 heavy (non-hydrogen) atoms. The van der Waals surface area contributed by atoms with Crippen LogP contribution >= 0.6 is 0 Å². The fraction of sp³-hybridized carbons (Fsp3) is 0.214. The van der Waals surface area contributed by atoms with E-state index < -0.39 is 0 Å². The Hall–Kier alpha value is -2.03. The van der Waals surface area contributed by atoms with Gasteiger partial charge < -0.3 is 9.47 Å². The molecule has 0 bridgehead atoms. The van der Waals surface area contributed by atoms with Crippen molar-refractivity contribution in [3.63, 3.8) is 0 Å². The molecule has 2 aromatic rings. The number of benzene rings is 1. The standard InChI is InChI=1S/C14H16N2O/c1-5-10-6-7-11-12(14(17)15(2)3)9-16(4)13(11)8-10/h5-9H,1H2,2-4H3. The minimum Gasteiger partial charge on any atom is -0.350 e. The van der Waals surface area contributed by atoms with Crippen molar-refractivity contribution >= 4 is 22.9 Å². The quantitative estimate of drug-likeness (QED) is 0.775. The highest BCUT2D eigenvalue weighted by atomic mass is 16.2. The first kappa shape index (κ1) is 11.5. The van der Waals surface area contributed by atoms with E-state index >= 15 is 0 Å². The van der Waals surface area contributed by atoms with Crippen molar-refractivity contribution in [2.24, 2.45) is 7.05 Å². The molecular formula is C14H16N2O. The van der Waals surface area contributed by atoms with E-state index in [4.69, 9.17) is 0 Å². The Balaban J connectivity index is 2.68. The molecule has 0 saturated carbocycles. The topological polar surface area (TPSA) is 25.2 Å². The first-order valence-corrected chi connectivity index (χ1v) is 5.47. The lowest BCUT2D eigenvalue weighted by Gasteiger charge is -2.08. The first-order valence-electron chi connectivity index (χ1n) is 5.47. The van der Waals surface area contributed by atoms with Crippen LogP contribution in [0.3, 0.4) is 0 Å². The molecule has 0 saturated heterocycles. The molecule has 3 heteroatoms. The molecule has 0 fully saturated rings. The number of amides is 1. The highest BCUT2D eigenvalue weighted by Crippen LogP contribution is 2.23. The maximum Gasteiger partial charge on any atom is 0.255 e. The first-order chi connectivity index (χ1) is 8.04. The summed E-state index contributed by atoms with van der Waals surface area (Å²) in [4.78, 5) is 13.6. The van der Waals surface area contributed by atoms with Crippen LogP contribution in [0.25, 0.3) is 17.0 Å². The second-order valence-corrected chi connectivity index (χ2v) is 4.33. The molecule has 1 aromatic heterocycles. The maximum atomic E-state index is 12.0. The monoisotopic (exact) mass is 228 g/mol. The summed E-state index contributed by atoms with van der Waals surface area (Å²) in [5.41, 5.74) is 2.85. The Labute approximate surface area is 101 Å². The molecule has 0 atom stereocenters. The van der Waals surface area contributed by atoms with Gasteiger partial charge in [-0.3, -0.25) is 4.79 Å². The lowest BCUT2D eigenvalue weighted by Crippen LogP contribution is -2.21. The van der Waals surface area contributed by atoms with Gasteiger partial charge >= 0.3 is 0 Å². The fourth-order valence-electron chi connectivity index (χ4n) is 1.94. The van der Waals surface area contributed by atoms with E-state index in [-0.39, 0.29) is 5.91 Å². The van der Waals surface area contributed by atoms with E-state index in [2.05, 4.69) is 6.58 Å². The average molecular weight is 228 g/mol. The van der Waals surface area contributed by atoms with Gasteiger partial charge in [0.05, 0.1) is 5.56 Å². The molecule has 1 heterocycles. The number of aromatic nitrogens is 1. The molecule has 0 radical (unpaired) electrons. The summed E-state index contributed by atoms with van der Waals surface area (Å²) in [6.45, 7) is 3.75. The summed E-state index contributed by atoms with van der Waals surface area (Å²) in [5.74, 6) is 0.0296. The minimum absolute atomic E-state index is 0.0296. The molecule has 0 aliphatic heterocycles. The van der Waals surface area contributed by atoms with Crippen molar-refractivity contribution < 1.29 is 4.79 Å². The zero-order chi connectivity index (χ0) is 12.6. The van der Waals surface area contributed by atoms with Gasteiger partial charge in [-0.05, 0) is 11.6 Å². The molecular weight excluding hydrogens is 212 g/mol. The molecule has 0 aliphatic rings. The number of carbonyl (C=O) groups is 1. The second-order valence-electron chi connectivity index (χ2n) is 4.33.